The van der Waals surface area contributed by atoms with Crippen LogP contribution in [0.2, 0.25) is 0 Å². The highest BCUT2D eigenvalue weighted by Crippen LogP contribution is 2.42. The Labute approximate surface area is 142 Å². The highest BCUT2D eigenvalue weighted by molar-refractivity contribution is 5.85. The SMILES string of the molecule is Cl.N#Cc1ccc2c(c1)C1CN(Cc3ccccc3)CC1CO2. The van der Waals surface area contributed by atoms with Crippen molar-refractivity contribution in [1.82, 2.24) is 4.90 Å². The molecule has 2 heterocycles. The molecular formula is C19H19ClN2O. The predicted octanol–water partition coefficient (Wildman–Crippen LogP) is 3.59. The topological polar surface area (TPSA) is 36.3 Å². The van der Waals surface area contributed by atoms with Gasteiger partial charge in [-0.1, -0.05) is 30.3 Å². The van der Waals surface area contributed by atoms with E-state index in [1.54, 1.807) is 0 Å². The fraction of sp³-hybridized carbons (Fsp3) is 0.316. The predicted molar refractivity (Wildman–Crippen MR) is 91.9 cm³/mol. The minimum Gasteiger partial charge on any atom is -0.493 e. The summed E-state index contributed by atoms with van der Waals surface area (Å²) in [5.74, 6) is 1.98. The number of hydrogen-bond acceptors (Lipinski definition) is 3. The van der Waals surface area contributed by atoms with Crippen LogP contribution in [0.4, 0.5) is 0 Å². The molecule has 0 radical (unpaired) electrons. The maximum absolute atomic E-state index is 9.13. The maximum atomic E-state index is 9.13. The second-order valence-corrected chi connectivity index (χ2v) is 6.22. The molecule has 0 N–H and O–H groups in total. The third-order valence-corrected chi connectivity index (χ3v) is 4.76. The van der Waals surface area contributed by atoms with Crippen LogP contribution in [-0.2, 0) is 6.54 Å². The molecule has 2 aromatic carbocycles. The van der Waals surface area contributed by atoms with Gasteiger partial charge in [-0.25, -0.2) is 0 Å². The Hall–Kier alpha value is -2.02. The van der Waals surface area contributed by atoms with E-state index in [4.69, 9.17) is 10.00 Å². The van der Waals surface area contributed by atoms with Gasteiger partial charge in [-0.2, -0.15) is 5.26 Å². The van der Waals surface area contributed by atoms with Crippen molar-refractivity contribution < 1.29 is 4.74 Å². The Morgan fingerprint density at radius 1 is 1.13 bits per heavy atom. The molecule has 3 nitrogen and oxygen atoms in total. The number of rotatable bonds is 2. The third-order valence-electron chi connectivity index (χ3n) is 4.76. The summed E-state index contributed by atoms with van der Waals surface area (Å²) >= 11 is 0. The van der Waals surface area contributed by atoms with Crippen molar-refractivity contribution in [2.24, 2.45) is 5.92 Å². The summed E-state index contributed by atoms with van der Waals surface area (Å²) in [7, 11) is 0. The lowest BCUT2D eigenvalue weighted by Gasteiger charge is -2.27. The van der Waals surface area contributed by atoms with Crippen LogP contribution in [0.25, 0.3) is 0 Å². The summed E-state index contributed by atoms with van der Waals surface area (Å²) in [6.45, 7) is 3.89. The van der Waals surface area contributed by atoms with Gasteiger partial charge in [0, 0.05) is 37.0 Å². The molecule has 1 saturated heterocycles. The van der Waals surface area contributed by atoms with Crippen LogP contribution in [0.5, 0.6) is 5.75 Å². The van der Waals surface area contributed by atoms with E-state index in [1.165, 1.54) is 11.1 Å². The second-order valence-electron chi connectivity index (χ2n) is 6.22. The highest BCUT2D eigenvalue weighted by Gasteiger charge is 2.38. The Bertz CT molecular complexity index is 726. The summed E-state index contributed by atoms with van der Waals surface area (Å²) in [4.78, 5) is 2.50. The van der Waals surface area contributed by atoms with Gasteiger partial charge in [0.25, 0.3) is 0 Å². The van der Waals surface area contributed by atoms with E-state index in [0.717, 1.165) is 37.6 Å². The molecule has 2 aromatic rings. The third kappa shape index (κ3) is 3.06. The van der Waals surface area contributed by atoms with E-state index < -0.39 is 0 Å². The van der Waals surface area contributed by atoms with Gasteiger partial charge in [-0.3, -0.25) is 4.90 Å². The van der Waals surface area contributed by atoms with E-state index >= 15 is 0 Å². The van der Waals surface area contributed by atoms with E-state index in [9.17, 15) is 0 Å². The van der Waals surface area contributed by atoms with E-state index in [2.05, 4.69) is 41.3 Å². The summed E-state index contributed by atoms with van der Waals surface area (Å²) in [5, 5.41) is 9.13. The largest absolute Gasteiger partial charge is 0.493 e. The molecule has 1 fully saturated rings. The Morgan fingerprint density at radius 3 is 2.74 bits per heavy atom. The molecule has 0 spiro atoms. The number of nitriles is 1. The fourth-order valence-corrected chi connectivity index (χ4v) is 3.69. The number of benzene rings is 2. The number of nitrogens with zero attached hydrogens (tertiary/aromatic N) is 2. The Kier molecular flexibility index (Phi) is 4.56. The van der Waals surface area contributed by atoms with Gasteiger partial charge in [-0.05, 0) is 23.8 Å². The van der Waals surface area contributed by atoms with Crippen molar-refractivity contribution in [2.75, 3.05) is 19.7 Å². The molecule has 2 aliphatic rings. The van der Waals surface area contributed by atoms with Gasteiger partial charge in [0.1, 0.15) is 5.75 Å². The summed E-state index contributed by atoms with van der Waals surface area (Å²) in [6.07, 6.45) is 0. The van der Waals surface area contributed by atoms with E-state index in [0.29, 0.717) is 11.8 Å². The average Bonchev–Trinajstić information content (AvgIpc) is 2.98. The van der Waals surface area contributed by atoms with Crippen LogP contribution in [0.1, 0.15) is 22.6 Å². The minimum atomic E-state index is 0. The molecule has 0 aromatic heterocycles. The zero-order valence-electron chi connectivity index (χ0n) is 12.8. The van der Waals surface area contributed by atoms with Crippen LogP contribution in [-0.4, -0.2) is 24.6 Å². The van der Waals surface area contributed by atoms with Crippen LogP contribution in [0.3, 0.4) is 0 Å². The molecule has 118 valence electrons. The zero-order chi connectivity index (χ0) is 14.9. The lowest BCUT2D eigenvalue weighted by atomic mass is 9.86. The molecule has 2 unspecified atom stereocenters. The molecule has 4 rings (SSSR count). The first kappa shape index (κ1) is 15.9. The summed E-state index contributed by atoms with van der Waals surface area (Å²) < 4.78 is 5.90. The zero-order valence-corrected chi connectivity index (χ0v) is 13.6. The first-order chi connectivity index (χ1) is 10.8. The van der Waals surface area contributed by atoms with Crippen LogP contribution in [0.15, 0.2) is 48.5 Å². The van der Waals surface area contributed by atoms with Crippen molar-refractivity contribution in [3.05, 3.63) is 65.2 Å². The smallest absolute Gasteiger partial charge is 0.122 e. The summed E-state index contributed by atoms with van der Waals surface area (Å²) in [5.41, 5.74) is 3.29. The number of likely N-dealkylation sites (tertiary alicyclic amines) is 1. The molecule has 2 atom stereocenters. The molecular weight excluding hydrogens is 308 g/mol. The monoisotopic (exact) mass is 326 g/mol. The minimum absolute atomic E-state index is 0. The van der Waals surface area contributed by atoms with Crippen molar-refractivity contribution in [3.8, 4) is 11.8 Å². The van der Waals surface area contributed by atoms with Crippen molar-refractivity contribution >= 4 is 12.4 Å². The molecule has 0 saturated carbocycles. The molecule has 4 heteroatoms. The van der Waals surface area contributed by atoms with Gasteiger partial charge in [0.05, 0.1) is 18.2 Å². The van der Waals surface area contributed by atoms with Gasteiger partial charge in [0.15, 0.2) is 0 Å². The van der Waals surface area contributed by atoms with Crippen LogP contribution < -0.4 is 4.74 Å². The normalized spacial score (nSPS) is 22.2. The number of halogens is 1. The Balaban J connectivity index is 0.00000156. The Morgan fingerprint density at radius 2 is 1.96 bits per heavy atom. The summed E-state index contributed by atoms with van der Waals surface area (Å²) in [6, 6.07) is 18.6. The second kappa shape index (κ2) is 6.62. The lowest BCUT2D eigenvalue weighted by molar-refractivity contribution is 0.212. The molecule has 0 amide bonds. The van der Waals surface area contributed by atoms with E-state index in [1.807, 2.05) is 18.2 Å². The first-order valence-electron chi connectivity index (χ1n) is 7.76. The molecule has 0 aliphatic carbocycles. The number of fused-ring (bicyclic) bond motifs is 3. The van der Waals surface area contributed by atoms with Crippen molar-refractivity contribution in [3.63, 3.8) is 0 Å². The quantitative estimate of drug-likeness (QED) is 0.846. The maximum Gasteiger partial charge on any atom is 0.122 e. The van der Waals surface area contributed by atoms with Gasteiger partial charge < -0.3 is 4.74 Å². The van der Waals surface area contributed by atoms with Crippen molar-refractivity contribution in [1.29, 1.82) is 5.26 Å². The van der Waals surface area contributed by atoms with Crippen molar-refractivity contribution in [2.45, 2.75) is 12.5 Å². The fourth-order valence-electron chi connectivity index (χ4n) is 3.69. The van der Waals surface area contributed by atoms with Gasteiger partial charge in [0.2, 0.25) is 0 Å². The average molecular weight is 327 g/mol. The van der Waals surface area contributed by atoms with Gasteiger partial charge >= 0.3 is 0 Å². The standard InChI is InChI=1S/C19H18N2O.ClH/c20-9-15-6-7-19-17(8-15)18-12-21(11-16(18)13-22-19)10-14-4-2-1-3-5-14;/h1-8,16,18H,10-13H2;1H. The first-order valence-corrected chi connectivity index (χ1v) is 7.76. The molecule has 0 bridgehead atoms. The highest BCUT2D eigenvalue weighted by atomic mass is 35.5. The van der Waals surface area contributed by atoms with Crippen LogP contribution >= 0.6 is 12.4 Å². The van der Waals surface area contributed by atoms with Crippen LogP contribution in [0, 0.1) is 17.2 Å². The molecule has 2 aliphatic heterocycles. The van der Waals surface area contributed by atoms with Gasteiger partial charge in [-0.15, -0.1) is 12.4 Å². The van der Waals surface area contributed by atoms with E-state index in [-0.39, 0.29) is 12.4 Å². The molecule has 23 heavy (non-hydrogen) atoms. The number of hydrogen-bond donors (Lipinski definition) is 0. The number of ether oxygens (including phenoxy) is 1. The lowest BCUT2D eigenvalue weighted by Crippen LogP contribution is -2.25.